The average Bonchev–Trinajstić information content (AvgIpc) is 2.80. The molecule has 0 bridgehead atoms. The largest absolute Gasteiger partial charge is 0.493 e. The first-order valence-electron chi connectivity index (χ1n) is 10.7. The van der Waals surface area contributed by atoms with Gasteiger partial charge in [0.05, 0.1) is 26.5 Å². The van der Waals surface area contributed by atoms with Crippen molar-refractivity contribution in [1.82, 2.24) is 15.6 Å². The molecular weight excluding hydrogens is 376 g/mol. The van der Waals surface area contributed by atoms with Crippen LogP contribution in [0.5, 0.6) is 11.5 Å². The number of aromatic nitrogens is 1. The third-order valence-corrected chi connectivity index (χ3v) is 6.17. The number of aliphatic imine (C=N–C) groups is 1. The van der Waals surface area contributed by atoms with Crippen LogP contribution in [0.4, 0.5) is 0 Å². The minimum Gasteiger partial charge on any atom is -0.493 e. The highest BCUT2D eigenvalue weighted by atomic mass is 16.5. The summed E-state index contributed by atoms with van der Waals surface area (Å²) in [4.78, 5) is 8.89. The molecule has 30 heavy (non-hydrogen) atoms. The van der Waals surface area contributed by atoms with Crippen molar-refractivity contribution in [2.75, 3.05) is 27.8 Å². The van der Waals surface area contributed by atoms with E-state index in [0.717, 1.165) is 42.5 Å². The number of ether oxygens (including phenoxy) is 2. The number of methoxy groups -OCH3 is 2. The summed E-state index contributed by atoms with van der Waals surface area (Å²) in [6.07, 6.45) is 7.87. The lowest BCUT2D eigenvalue weighted by atomic mass is 9.69. The molecule has 162 valence electrons. The molecule has 6 nitrogen and oxygen atoms in total. The summed E-state index contributed by atoms with van der Waals surface area (Å²) in [5.74, 6) is 2.35. The SMILES string of the molecule is CN=C(NCc1ncccc1C)NCC1(c2ccc(OC)c(OC)c2)CCCCC1. The molecule has 6 heteroatoms. The van der Waals surface area contributed by atoms with Gasteiger partial charge in [0.25, 0.3) is 0 Å². The number of hydrogen-bond donors (Lipinski definition) is 2. The fraction of sp³-hybridized carbons (Fsp3) is 0.500. The second-order valence-electron chi connectivity index (χ2n) is 7.96. The quantitative estimate of drug-likeness (QED) is 0.534. The van der Waals surface area contributed by atoms with Crippen LogP contribution in [-0.2, 0) is 12.0 Å². The number of benzene rings is 1. The van der Waals surface area contributed by atoms with Crippen LogP contribution in [0.25, 0.3) is 0 Å². The van der Waals surface area contributed by atoms with Gasteiger partial charge in [-0.25, -0.2) is 0 Å². The van der Waals surface area contributed by atoms with Gasteiger partial charge in [-0.15, -0.1) is 0 Å². The monoisotopic (exact) mass is 410 g/mol. The highest BCUT2D eigenvalue weighted by Crippen LogP contribution is 2.42. The maximum atomic E-state index is 5.57. The maximum absolute atomic E-state index is 5.57. The molecule has 0 saturated heterocycles. The summed E-state index contributed by atoms with van der Waals surface area (Å²) in [6, 6.07) is 10.4. The Morgan fingerprint density at radius 2 is 1.83 bits per heavy atom. The van der Waals surface area contributed by atoms with E-state index in [-0.39, 0.29) is 5.41 Å². The number of rotatable bonds is 7. The smallest absolute Gasteiger partial charge is 0.191 e. The first-order chi connectivity index (χ1) is 14.6. The summed E-state index contributed by atoms with van der Waals surface area (Å²) in [7, 11) is 5.18. The van der Waals surface area contributed by atoms with E-state index >= 15 is 0 Å². The Balaban J connectivity index is 1.73. The van der Waals surface area contributed by atoms with Gasteiger partial charge in [-0.3, -0.25) is 9.98 Å². The Hall–Kier alpha value is -2.76. The first-order valence-corrected chi connectivity index (χ1v) is 10.7. The van der Waals surface area contributed by atoms with Crippen LogP contribution < -0.4 is 20.1 Å². The topological polar surface area (TPSA) is 67.8 Å². The van der Waals surface area contributed by atoms with Gasteiger partial charge in [0.1, 0.15) is 0 Å². The second-order valence-corrected chi connectivity index (χ2v) is 7.96. The van der Waals surface area contributed by atoms with Gasteiger partial charge >= 0.3 is 0 Å². The molecule has 2 aromatic rings. The zero-order valence-corrected chi connectivity index (χ0v) is 18.6. The van der Waals surface area contributed by atoms with Crippen molar-refractivity contribution in [2.45, 2.75) is 51.0 Å². The van der Waals surface area contributed by atoms with Crippen molar-refractivity contribution in [3.63, 3.8) is 0 Å². The Morgan fingerprint density at radius 1 is 1.07 bits per heavy atom. The number of pyridine rings is 1. The normalized spacial score (nSPS) is 16.1. The maximum Gasteiger partial charge on any atom is 0.191 e. The van der Waals surface area contributed by atoms with Gasteiger partial charge in [-0.05, 0) is 49.1 Å². The number of guanidine groups is 1. The van der Waals surface area contributed by atoms with Crippen molar-refractivity contribution in [3.8, 4) is 11.5 Å². The van der Waals surface area contributed by atoms with Crippen LogP contribution in [0.2, 0.25) is 0 Å². The Morgan fingerprint density at radius 3 is 2.50 bits per heavy atom. The summed E-state index contributed by atoms with van der Waals surface area (Å²) in [5, 5.41) is 6.98. The van der Waals surface area contributed by atoms with Crippen molar-refractivity contribution >= 4 is 5.96 Å². The lowest BCUT2D eigenvalue weighted by Crippen LogP contribution is -2.46. The Labute approximate surface area is 180 Å². The molecule has 3 rings (SSSR count). The third kappa shape index (κ3) is 5.04. The van der Waals surface area contributed by atoms with Gasteiger partial charge in [-0.2, -0.15) is 0 Å². The van der Waals surface area contributed by atoms with E-state index in [1.165, 1.54) is 30.4 Å². The third-order valence-electron chi connectivity index (χ3n) is 6.17. The Bertz CT molecular complexity index is 860. The molecule has 1 aromatic carbocycles. The van der Waals surface area contributed by atoms with Crippen LogP contribution in [-0.4, -0.2) is 38.8 Å². The molecular formula is C24H34N4O2. The lowest BCUT2D eigenvalue weighted by Gasteiger charge is -2.38. The molecule has 0 spiro atoms. The molecule has 1 fully saturated rings. The molecule has 2 N–H and O–H groups in total. The predicted octanol–water partition coefficient (Wildman–Crippen LogP) is 3.97. The van der Waals surface area contributed by atoms with E-state index in [1.807, 2.05) is 25.4 Å². The van der Waals surface area contributed by atoms with Gasteiger partial charge in [-0.1, -0.05) is 31.4 Å². The molecule has 1 saturated carbocycles. The molecule has 0 radical (unpaired) electrons. The first kappa shape index (κ1) is 21.9. The Kier molecular flexibility index (Phi) is 7.55. The summed E-state index contributed by atoms with van der Waals surface area (Å²) in [6.45, 7) is 3.55. The molecule has 1 aliphatic rings. The van der Waals surface area contributed by atoms with Crippen LogP contribution in [0.1, 0.15) is 48.9 Å². The highest BCUT2D eigenvalue weighted by Gasteiger charge is 2.34. The van der Waals surface area contributed by atoms with Crippen molar-refractivity contribution in [2.24, 2.45) is 4.99 Å². The van der Waals surface area contributed by atoms with Crippen LogP contribution in [0, 0.1) is 6.92 Å². The summed E-state index contributed by atoms with van der Waals surface area (Å²) in [5.41, 5.74) is 3.56. The van der Waals surface area contributed by atoms with E-state index in [2.05, 4.69) is 45.7 Å². The fourth-order valence-electron chi connectivity index (χ4n) is 4.31. The number of nitrogens with one attached hydrogen (secondary N) is 2. The van der Waals surface area contributed by atoms with Crippen molar-refractivity contribution < 1.29 is 9.47 Å². The van der Waals surface area contributed by atoms with Crippen molar-refractivity contribution in [1.29, 1.82) is 0 Å². The van der Waals surface area contributed by atoms with E-state index in [9.17, 15) is 0 Å². The fourth-order valence-corrected chi connectivity index (χ4v) is 4.31. The minimum absolute atomic E-state index is 0.0519. The van der Waals surface area contributed by atoms with E-state index in [1.54, 1.807) is 14.2 Å². The molecule has 1 aliphatic carbocycles. The average molecular weight is 411 g/mol. The van der Waals surface area contributed by atoms with Crippen LogP contribution in [0.3, 0.4) is 0 Å². The van der Waals surface area contributed by atoms with Gasteiger partial charge in [0, 0.05) is 25.2 Å². The molecule has 1 aromatic heterocycles. The van der Waals surface area contributed by atoms with E-state index in [4.69, 9.17) is 9.47 Å². The standard InChI is InChI=1S/C24H34N4O2/c1-18-9-8-14-26-20(18)16-27-23(25-2)28-17-24(12-6-5-7-13-24)19-10-11-21(29-3)22(15-19)30-4/h8-11,14-15H,5-7,12-13,16-17H2,1-4H3,(H2,25,27,28). The predicted molar refractivity (Wildman–Crippen MR) is 121 cm³/mol. The second kappa shape index (κ2) is 10.3. The highest BCUT2D eigenvalue weighted by molar-refractivity contribution is 5.79. The number of hydrogen-bond acceptors (Lipinski definition) is 4. The minimum atomic E-state index is 0.0519. The van der Waals surface area contributed by atoms with Gasteiger partial charge in [0.15, 0.2) is 17.5 Å². The molecule has 0 aliphatic heterocycles. The summed E-state index contributed by atoms with van der Waals surface area (Å²) < 4.78 is 11.0. The zero-order chi connectivity index (χ0) is 21.4. The van der Waals surface area contributed by atoms with E-state index in [0.29, 0.717) is 6.54 Å². The lowest BCUT2D eigenvalue weighted by molar-refractivity contribution is 0.288. The van der Waals surface area contributed by atoms with Gasteiger partial charge < -0.3 is 20.1 Å². The molecule has 0 amide bonds. The van der Waals surface area contributed by atoms with Crippen molar-refractivity contribution in [3.05, 3.63) is 53.3 Å². The van der Waals surface area contributed by atoms with E-state index < -0.39 is 0 Å². The molecule has 0 unspecified atom stereocenters. The number of aryl methyl sites for hydroxylation is 1. The molecule has 0 atom stereocenters. The number of nitrogens with zero attached hydrogens (tertiary/aromatic N) is 2. The van der Waals surface area contributed by atoms with Crippen LogP contribution >= 0.6 is 0 Å². The van der Waals surface area contributed by atoms with Crippen LogP contribution in [0.15, 0.2) is 41.5 Å². The van der Waals surface area contributed by atoms with Gasteiger partial charge in [0.2, 0.25) is 0 Å². The zero-order valence-electron chi connectivity index (χ0n) is 18.6. The molecule has 1 heterocycles. The summed E-state index contributed by atoms with van der Waals surface area (Å²) >= 11 is 0.